The van der Waals surface area contributed by atoms with Crippen molar-refractivity contribution >= 4 is 29.0 Å². The summed E-state index contributed by atoms with van der Waals surface area (Å²) >= 11 is 5.90. The molecule has 1 fully saturated rings. The topological polar surface area (TPSA) is 36.4 Å². The molecule has 0 spiro atoms. The smallest absolute Gasteiger partial charge is 0.230 e. The number of aromatic nitrogens is 1. The van der Waals surface area contributed by atoms with Crippen LogP contribution in [0.4, 0.5) is 11.5 Å². The molecule has 1 aliphatic rings. The molecule has 26 heavy (non-hydrogen) atoms. The van der Waals surface area contributed by atoms with E-state index in [0.717, 1.165) is 43.0 Å². The lowest BCUT2D eigenvalue weighted by Gasteiger charge is -2.34. The Bertz CT molecular complexity index is 805. The van der Waals surface area contributed by atoms with Crippen LogP contribution in [0.2, 0.25) is 5.02 Å². The first kappa shape index (κ1) is 18.3. The monoisotopic (exact) mass is 367 g/mol. The molecule has 3 rings (SSSR count). The van der Waals surface area contributed by atoms with Crippen molar-refractivity contribution in [3.63, 3.8) is 0 Å². The van der Waals surface area contributed by atoms with Crippen LogP contribution >= 0.6 is 11.6 Å². The predicted molar refractivity (Wildman–Crippen MR) is 107 cm³/mol. The Morgan fingerprint density at radius 2 is 2.12 bits per heavy atom. The van der Waals surface area contributed by atoms with Crippen LogP contribution < -0.4 is 9.80 Å². The maximum atomic E-state index is 13.0. The van der Waals surface area contributed by atoms with Gasteiger partial charge in [-0.15, -0.1) is 6.42 Å². The van der Waals surface area contributed by atoms with Gasteiger partial charge in [-0.3, -0.25) is 4.79 Å². The van der Waals surface area contributed by atoms with Crippen LogP contribution in [0.5, 0.6) is 0 Å². The first-order valence-corrected chi connectivity index (χ1v) is 9.24. The van der Waals surface area contributed by atoms with Gasteiger partial charge in [-0.25, -0.2) is 4.98 Å². The molecule has 4 nitrogen and oxygen atoms in total. The fraction of sp³-hybridized carbons (Fsp3) is 0.333. The number of anilines is 2. The molecule has 2 aromatic rings. The Balaban J connectivity index is 1.66. The number of amides is 1. The van der Waals surface area contributed by atoms with Gasteiger partial charge in [-0.2, -0.15) is 0 Å². The minimum Gasteiger partial charge on any atom is -0.357 e. The average molecular weight is 368 g/mol. The summed E-state index contributed by atoms with van der Waals surface area (Å²) in [5.41, 5.74) is 1.66. The highest BCUT2D eigenvalue weighted by atomic mass is 35.5. The second-order valence-corrected chi connectivity index (χ2v) is 6.81. The van der Waals surface area contributed by atoms with Crippen molar-refractivity contribution < 1.29 is 4.79 Å². The van der Waals surface area contributed by atoms with Crippen molar-refractivity contribution in [2.24, 2.45) is 5.92 Å². The van der Waals surface area contributed by atoms with E-state index in [-0.39, 0.29) is 11.8 Å². The summed E-state index contributed by atoms with van der Waals surface area (Å²) in [6.45, 7) is 4.25. The van der Waals surface area contributed by atoms with E-state index in [1.807, 2.05) is 48.2 Å². The maximum Gasteiger partial charge on any atom is 0.230 e. The van der Waals surface area contributed by atoms with E-state index in [4.69, 9.17) is 18.0 Å². The van der Waals surface area contributed by atoms with E-state index in [0.29, 0.717) is 11.6 Å². The lowest BCUT2D eigenvalue weighted by Crippen LogP contribution is -2.43. The van der Waals surface area contributed by atoms with Crippen molar-refractivity contribution in [2.45, 2.75) is 19.8 Å². The fourth-order valence-electron chi connectivity index (χ4n) is 3.36. The van der Waals surface area contributed by atoms with Gasteiger partial charge in [0.05, 0.1) is 5.02 Å². The summed E-state index contributed by atoms with van der Waals surface area (Å²) in [4.78, 5) is 21.4. The van der Waals surface area contributed by atoms with Gasteiger partial charge in [-0.1, -0.05) is 23.6 Å². The molecule has 1 amide bonds. The molecule has 1 aliphatic heterocycles. The number of nitrogens with zero attached hydrogens (tertiary/aromatic N) is 3. The predicted octanol–water partition coefficient (Wildman–Crippen LogP) is 3.99. The number of rotatable bonds is 4. The summed E-state index contributed by atoms with van der Waals surface area (Å²) in [7, 11) is 0. The normalized spacial score (nSPS) is 14.7. The van der Waals surface area contributed by atoms with E-state index >= 15 is 0 Å². The van der Waals surface area contributed by atoms with E-state index in [9.17, 15) is 4.79 Å². The van der Waals surface area contributed by atoms with Crippen molar-refractivity contribution in [2.75, 3.05) is 29.4 Å². The number of carbonyl (C=O) groups excluding carboxylic acids is 1. The zero-order valence-corrected chi connectivity index (χ0v) is 15.6. The molecule has 134 valence electrons. The lowest BCUT2D eigenvalue weighted by molar-refractivity contribution is -0.122. The number of benzene rings is 1. The molecule has 0 N–H and O–H groups in total. The molecule has 0 radical (unpaired) electrons. The molecule has 1 saturated heterocycles. The molecule has 1 aromatic heterocycles. The largest absolute Gasteiger partial charge is 0.357 e. The summed E-state index contributed by atoms with van der Waals surface area (Å²) in [6, 6.07) is 11.4. The van der Waals surface area contributed by atoms with Crippen LogP contribution in [0.15, 0.2) is 42.6 Å². The standard InChI is InChI=1S/C21H22ClN3O/c1-3-16-6-5-7-19(14-16)25(4-2)21(26)17-10-12-24(13-11-17)20-9-8-18(22)15-23-20/h1,5-9,14-15,17H,4,10-13H2,2H3. The van der Waals surface area contributed by atoms with E-state index in [1.54, 1.807) is 6.20 Å². The molecule has 0 saturated carbocycles. The molecule has 0 atom stereocenters. The van der Waals surface area contributed by atoms with Gasteiger partial charge in [0.2, 0.25) is 5.91 Å². The minimum atomic E-state index is 0.0213. The van der Waals surface area contributed by atoms with Gasteiger partial charge in [-0.05, 0) is 50.1 Å². The highest BCUT2D eigenvalue weighted by Crippen LogP contribution is 2.26. The first-order chi connectivity index (χ1) is 12.6. The van der Waals surface area contributed by atoms with Crippen molar-refractivity contribution in [3.8, 4) is 12.3 Å². The molecule has 0 unspecified atom stereocenters. The summed E-state index contributed by atoms with van der Waals surface area (Å²) in [6.07, 6.45) is 8.77. The van der Waals surface area contributed by atoms with Gasteiger partial charge < -0.3 is 9.80 Å². The highest BCUT2D eigenvalue weighted by Gasteiger charge is 2.29. The van der Waals surface area contributed by atoms with Crippen LogP contribution in [0.1, 0.15) is 25.3 Å². The van der Waals surface area contributed by atoms with E-state index in [1.165, 1.54) is 0 Å². The van der Waals surface area contributed by atoms with Gasteiger partial charge in [0.1, 0.15) is 5.82 Å². The number of carbonyl (C=O) groups is 1. The summed E-state index contributed by atoms with van der Waals surface area (Å²) in [5.74, 6) is 3.74. The molecular formula is C21H22ClN3O. The molecule has 0 bridgehead atoms. The number of hydrogen-bond donors (Lipinski definition) is 0. The van der Waals surface area contributed by atoms with Crippen molar-refractivity contribution in [1.29, 1.82) is 0 Å². The maximum absolute atomic E-state index is 13.0. The Labute approximate surface area is 159 Å². The third-order valence-electron chi connectivity index (χ3n) is 4.79. The van der Waals surface area contributed by atoms with Crippen molar-refractivity contribution in [3.05, 3.63) is 53.2 Å². The molecule has 5 heteroatoms. The molecule has 0 aliphatic carbocycles. The first-order valence-electron chi connectivity index (χ1n) is 8.87. The third-order valence-corrected chi connectivity index (χ3v) is 5.01. The van der Waals surface area contributed by atoms with Gasteiger partial charge in [0.15, 0.2) is 0 Å². The Kier molecular flexibility index (Phi) is 5.80. The van der Waals surface area contributed by atoms with Crippen LogP contribution in [-0.4, -0.2) is 30.5 Å². The number of terminal acetylenes is 1. The van der Waals surface area contributed by atoms with Gasteiger partial charge in [0.25, 0.3) is 0 Å². The van der Waals surface area contributed by atoms with Gasteiger partial charge in [0, 0.05) is 43.0 Å². The minimum absolute atomic E-state index is 0.0213. The van der Waals surface area contributed by atoms with Crippen LogP contribution in [-0.2, 0) is 4.79 Å². The van der Waals surface area contributed by atoms with Gasteiger partial charge >= 0.3 is 0 Å². The molecule has 1 aromatic carbocycles. The average Bonchev–Trinajstić information content (AvgIpc) is 2.69. The number of hydrogen-bond acceptors (Lipinski definition) is 3. The quantitative estimate of drug-likeness (QED) is 0.767. The van der Waals surface area contributed by atoms with Crippen LogP contribution in [0.25, 0.3) is 0 Å². The van der Waals surface area contributed by atoms with Crippen LogP contribution in [0.3, 0.4) is 0 Å². The molecular weight excluding hydrogens is 346 g/mol. The second-order valence-electron chi connectivity index (χ2n) is 6.37. The molecule has 2 heterocycles. The zero-order chi connectivity index (χ0) is 18.5. The second kappa shape index (κ2) is 8.25. The summed E-state index contributed by atoms with van der Waals surface area (Å²) < 4.78 is 0. The van der Waals surface area contributed by atoms with E-state index in [2.05, 4.69) is 15.8 Å². The SMILES string of the molecule is C#Cc1cccc(N(CC)C(=O)C2CCN(c3ccc(Cl)cn3)CC2)c1. The van der Waals surface area contributed by atoms with Crippen molar-refractivity contribution in [1.82, 2.24) is 4.98 Å². The third kappa shape index (κ3) is 4.00. The lowest BCUT2D eigenvalue weighted by atomic mass is 9.95. The number of halogens is 1. The number of piperidine rings is 1. The van der Waals surface area contributed by atoms with Crippen LogP contribution in [0, 0.1) is 18.3 Å². The highest BCUT2D eigenvalue weighted by molar-refractivity contribution is 6.30. The Morgan fingerprint density at radius 1 is 1.35 bits per heavy atom. The Morgan fingerprint density at radius 3 is 2.73 bits per heavy atom. The Hall–Kier alpha value is -2.51. The number of pyridine rings is 1. The zero-order valence-electron chi connectivity index (χ0n) is 14.9. The van der Waals surface area contributed by atoms with E-state index < -0.39 is 0 Å². The fourth-order valence-corrected chi connectivity index (χ4v) is 3.47. The summed E-state index contributed by atoms with van der Waals surface area (Å²) in [5, 5.41) is 0.631.